The van der Waals surface area contributed by atoms with E-state index in [9.17, 15) is 10.1 Å². The minimum absolute atomic E-state index is 0.0201. The number of halogens is 1. The largest absolute Gasteiger partial charge is 0.497 e. The topological polar surface area (TPSA) is 103 Å². The molecule has 1 aromatic heterocycles. The summed E-state index contributed by atoms with van der Waals surface area (Å²) in [6.07, 6.45) is 0. The van der Waals surface area contributed by atoms with Crippen LogP contribution in [-0.4, -0.2) is 17.0 Å². The second-order valence-electron chi connectivity index (χ2n) is 3.85. The quantitative estimate of drug-likeness (QED) is 0.510. The number of methoxy groups -OCH3 is 1. The summed E-state index contributed by atoms with van der Waals surface area (Å²) in [5.41, 5.74) is 5.80. The Kier molecular flexibility index (Phi) is 3.90. The number of anilines is 3. The van der Waals surface area contributed by atoms with Crippen LogP contribution in [0.2, 0.25) is 5.15 Å². The van der Waals surface area contributed by atoms with Crippen LogP contribution in [-0.2, 0) is 0 Å². The van der Waals surface area contributed by atoms with Crippen LogP contribution in [0.4, 0.5) is 22.9 Å². The minimum Gasteiger partial charge on any atom is -0.497 e. The Morgan fingerprint density at radius 3 is 2.85 bits per heavy atom. The normalized spacial score (nSPS) is 10.1. The molecule has 0 spiro atoms. The lowest BCUT2D eigenvalue weighted by molar-refractivity contribution is -0.383. The van der Waals surface area contributed by atoms with Crippen LogP contribution < -0.4 is 15.8 Å². The first kappa shape index (κ1) is 13.9. The molecule has 1 heterocycles. The summed E-state index contributed by atoms with van der Waals surface area (Å²) in [4.78, 5) is 14.3. The summed E-state index contributed by atoms with van der Waals surface area (Å²) in [5.74, 6) is 0.584. The monoisotopic (exact) mass is 294 g/mol. The van der Waals surface area contributed by atoms with Crippen LogP contribution >= 0.6 is 11.6 Å². The van der Waals surface area contributed by atoms with Crippen molar-refractivity contribution in [1.29, 1.82) is 0 Å². The molecule has 20 heavy (non-hydrogen) atoms. The Bertz CT molecular complexity index is 663. The lowest BCUT2D eigenvalue weighted by Gasteiger charge is -2.09. The summed E-state index contributed by atoms with van der Waals surface area (Å²) in [5, 5.41) is 13.9. The molecule has 2 aromatic rings. The Morgan fingerprint density at radius 2 is 2.20 bits per heavy atom. The van der Waals surface area contributed by atoms with Gasteiger partial charge in [0.1, 0.15) is 16.6 Å². The molecule has 0 fully saturated rings. The highest BCUT2D eigenvalue weighted by Crippen LogP contribution is 2.33. The van der Waals surface area contributed by atoms with Gasteiger partial charge in [0.05, 0.1) is 12.0 Å². The minimum atomic E-state index is -0.610. The highest BCUT2D eigenvalue weighted by molar-refractivity contribution is 6.30. The number of nitrogen functional groups attached to an aromatic ring is 1. The van der Waals surface area contributed by atoms with Crippen LogP contribution in [0.3, 0.4) is 0 Å². The molecule has 2 rings (SSSR count). The van der Waals surface area contributed by atoms with E-state index >= 15 is 0 Å². The van der Waals surface area contributed by atoms with Crippen molar-refractivity contribution in [2.45, 2.75) is 0 Å². The molecule has 0 saturated carbocycles. The summed E-state index contributed by atoms with van der Waals surface area (Å²) >= 11 is 5.77. The van der Waals surface area contributed by atoms with Gasteiger partial charge in [0, 0.05) is 17.8 Å². The van der Waals surface area contributed by atoms with Crippen LogP contribution in [0.1, 0.15) is 0 Å². The van der Waals surface area contributed by atoms with E-state index in [1.807, 2.05) is 0 Å². The van der Waals surface area contributed by atoms with Crippen molar-refractivity contribution >= 4 is 34.5 Å². The highest BCUT2D eigenvalue weighted by atomic mass is 35.5. The van der Waals surface area contributed by atoms with Crippen LogP contribution in [0.15, 0.2) is 30.3 Å². The number of nitrogens with one attached hydrogen (secondary N) is 1. The second-order valence-corrected chi connectivity index (χ2v) is 4.23. The molecule has 0 aliphatic carbocycles. The first-order valence-corrected chi connectivity index (χ1v) is 5.90. The number of nitrogens with two attached hydrogens (primary N) is 1. The van der Waals surface area contributed by atoms with Crippen molar-refractivity contribution in [3.63, 3.8) is 0 Å². The standard InChI is InChI=1S/C12H11ClN4O3/c1-20-8-4-2-3-7(5-8)15-12-11(17(18)19)9(14)6-10(13)16-12/h2-6H,1H3,(H3,14,15,16). The van der Waals surface area contributed by atoms with Crippen molar-refractivity contribution in [3.05, 3.63) is 45.6 Å². The summed E-state index contributed by atoms with van der Waals surface area (Å²) < 4.78 is 5.07. The van der Waals surface area contributed by atoms with Gasteiger partial charge in [0.15, 0.2) is 0 Å². The number of hydrogen-bond acceptors (Lipinski definition) is 6. The van der Waals surface area contributed by atoms with E-state index in [1.54, 1.807) is 24.3 Å². The number of nitrogens with zero attached hydrogens (tertiary/aromatic N) is 2. The number of ether oxygens (including phenoxy) is 1. The third-order valence-corrected chi connectivity index (χ3v) is 2.70. The van der Waals surface area contributed by atoms with Crippen LogP contribution in [0, 0.1) is 10.1 Å². The van der Waals surface area contributed by atoms with E-state index in [2.05, 4.69) is 10.3 Å². The number of rotatable bonds is 4. The zero-order valence-corrected chi connectivity index (χ0v) is 11.2. The van der Waals surface area contributed by atoms with Gasteiger partial charge in [0.2, 0.25) is 5.82 Å². The summed E-state index contributed by atoms with van der Waals surface area (Å²) in [7, 11) is 1.52. The van der Waals surface area contributed by atoms with Gasteiger partial charge in [-0.25, -0.2) is 4.98 Å². The van der Waals surface area contributed by atoms with Crippen molar-refractivity contribution < 1.29 is 9.66 Å². The predicted octanol–water partition coefficient (Wildman–Crippen LogP) is 2.98. The smallest absolute Gasteiger partial charge is 0.334 e. The maximum absolute atomic E-state index is 11.0. The molecular formula is C12H11ClN4O3. The molecule has 1 aromatic carbocycles. The zero-order valence-electron chi connectivity index (χ0n) is 10.5. The van der Waals surface area contributed by atoms with E-state index < -0.39 is 4.92 Å². The molecule has 8 heteroatoms. The van der Waals surface area contributed by atoms with E-state index in [4.69, 9.17) is 22.1 Å². The zero-order chi connectivity index (χ0) is 14.7. The lowest BCUT2D eigenvalue weighted by atomic mass is 10.2. The predicted molar refractivity (Wildman–Crippen MR) is 76.6 cm³/mol. The maximum Gasteiger partial charge on any atom is 0.334 e. The van der Waals surface area contributed by atoms with Crippen molar-refractivity contribution in [2.75, 3.05) is 18.2 Å². The van der Waals surface area contributed by atoms with E-state index in [0.29, 0.717) is 11.4 Å². The molecule has 0 amide bonds. The summed E-state index contributed by atoms with van der Waals surface area (Å²) in [6, 6.07) is 8.10. The number of benzene rings is 1. The van der Waals surface area contributed by atoms with Gasteiger partial charge in [0.25, 0.3) is 0 Å². The van der Waals surface area contributed by atoms with Gasteiger partial charge >= 0.3 is 5.69 Å². The SMILES string of the molecule is COc1cccc(Nc2nc(Cl)cc(N)c2[N+](=O)[O-])c1. The molecule has 104 valence electrons. The number of nitro groups is 1. The van der Waals surface area contributed by atoms with Crippen LogP contribution in [0.5, 0.6) is 5.75 Å². The lowest BCUT2D eigenvalue weighted by Crippen LogP contribution is -2.03. The van der Waals surface area contributed by atoms with Gasteiger partial charge < -0.3 is 15.8 Å². The van der Waals surface area contributed by atoms with Gasteiger partial charge in [-0.15, -0.1) is 0 Å². The Labute approximate surface area is 119 Å². The molecule has 7 nitrogen and oxygen atoms in total. The third-order valence-electron chi connectivity index (χ3n) is 2.51. The Morgan fingerprint density at radius 1 is 1.45 bits per heavy atom. The molecule has 3 N–H and O–H groups in total. The van der Waals surface area contributed by atoms with Gasteiger partial charge in [-0.3, -0.25) is 10.1 Å². The van der Waals surface area contributed by atoms with E-state index in [-0.39, 0.29) is 22.3 Å². The first-order chi connectivity index (χ1) is 9.51. The van der Waals surface area contributed by atoms with Gasteiger partial charge in [-0.05, 0) is 12.1 Å². The fourth-order valence-corrected chi connectivity index (χ4v) is 1.84. The molecule has 0 atom stereocenters. The molecule has 0 saturated heterocycles. The molecule has 0 radical (unpaired) electrons. The molecule has 0 bridgehead atoms. The Balaban J connectivity index is 2.44. The molecule has 0 aliphatic heterocycles. The maximum atomic E-state index is 11.0. The second kappa shape index (κ2) is 5.62. The molecular weight excluding hydrogens is 284 g/mol. The molecule has 0 aliphatic rings. The van der Waals surface area contributed by atoms with Crippen molar-refractivity contribution in [1.82, 2.24) is 4.98 Å². The highest BCUT2D eigenvalue weighted by Gasteiger charge is 2.21. The van der Waals surface area contributed by atoms with E-state index in [0.717, 1.165) is 0 Å². The van der Waals surface area contributed by atoms with Crippen LogP contribution in [0.25, 0.3) is 0 Å². The number of aromatic nitrogens is 1. The van der Waals surface area contributed by atoms with E-state index in [1.165, 1.54) is 13.2 Å². The fraction of sp³-hybridized carbons (Fsp3) is 0.0833. The molecule has 0 unspecified atom stereocenters. The van der Waals surface area contributed by atoms with Crippen molar-refractivity contribution in [2.24, 2.45) is 0 Å². The number of hydrogen-bond donors (Lipinski definition) is 2. The summed E-state index contributed by atoms with van der Waals surface area (Å²) in [6.45, 7) is 0. The third kappa shape index (κ3) is 2.89. The first-order valence-electron chi connectivity index (χ1n) is 5.52. The average molecular weight is 295 g/mol. The van der Waals surface area contributed by atoms with Crippen molar-refractivity contribution in [3.8, 4) is 5.75 Å². The average Bonchev–Trinajstić information content (AvgIpc) is 2.37. The number of pyridine rings is 1. The fourth-order valence-electron chi connectivity index (χ4n) is 1.64. The van der Waals surface area contributed by atoms with Gasteiger partial charge in [-0.2, -0.15) is 0 Å². The Hall–Kier alpha value is -2.54. The van der Waals surface area contributed by atoms with Gasteiger partial charge in [-0.1, -0.05) is 17.7 Å².